The van der Waals surface area contributed by atoms with E-state index >= 15 is 0 Å². The molecule has 0 aliphatic rings. The van der Waals surface area contributed by atoms with E-state index in [2.05, 4.69) is 4.98 Å². The van der Waals surface area contributed by atoms with Crippen molar-refractivity contribution in [3.8, 4) is 28.5 Å². The van der Waals surface area contributed by atoms with E-state index in [9.17, 15) is 14.4 Å². The van der Waals surface area contributed by atoms with Crippen LogP contribution in [0.15, 0.2) is 54.9 Å². The highest BCUT2D eigenvalue weighted by Crippen LogP contribution is 2.41. The Bertz CT molecular complexity index is 1520. The van der Waals surface area contributed by atoms with Gasteiger partial charge >= 0.3 is 11.9 Å². The number of carbonyl (C=O) groups excluding carboxylic acids is 3. The number of hydrogen-bond donors (Lipinski definition) is 0. The molecule has 0 spiro atoms. The number of ketones is 1. The topological polar surface area (TPSA) is 115 Å². The maximum absolute atomic E-state index is 13.7. The van der Waals surface area contributed by atoms with Crippen LogP contribution in [-0.4, -0.2) is 61.6 Å². The van der Waals surface area contributed by atoms with Crippen LogP contribution in [-0.2, 0) is 9.47 Å². The SMILES string of the molecule is CCOC(=O)c1c(C(=O)OCC)c2cc(-c3cc(OC)c(OC)c(OC)c3)ncn2c1C(=O)c1ccccc1. The zero-order valence-corrected chi connectivity index (χ0v) is 22.3. The summed E-state index contributed by atoms with van der Waals surface area (Å²) in [5.41, 5.74) is 1.23. The Kier molecular flexibility index (Phi) is 8.14. The van der Waals surface area contributed by atoms with Gasteiger partial charge in [0.05, 0.1) is 45.8 Å². The number of rotatable bonds is 10. The fraction of sp³-hybridized carbons (Fsp3) is 0.241. The highest BCUT2D eigenvalue weighted by atomic mass is 16.5. The van der Waals surface area contributed by atoms with Gasteiger partial charge in [-0.1, -0.05) is 30.3 Å². The van der Waals surface area contributed by atoms with E-state index in [1.165, 1.54) is 32.1 Å². The molecule has 0 amide bonds. The van der Waals surface area contributed by atoms with Crippen molar-refractivity contribution in [3.63, 3.8) is 0 Å². The fourth-order valence-electron chi connectivity index (χ4n) is 4.30. The number of carbonyl (C=O) groups is 3. The molecule has 10 nitrogen and oxygen atoms in total. The summed E-state index contributed by atoms with van der Waals surface area (Å²) in [5.74, 6) is -0.861. The van der Waals surface area contributed by atoms with Gasteiger partial charge in [-0.2, -0.15) is 0 Å². The maximum Gasteiger partial charge on any atom is 0.341 e. The summed E-state index contributed by atoms with van der Waals surface area (Å²) in [6.45, 7) is 3.39. The zero-order chi connectivity index (χ0) is 28.1. The Morgan fingerprint density at radius 2 is 1.38 bits per heavy atom. The predicted molar refractivity (Wildman–Crippen MR) is 142 cm³/mol. The number of methoxy groups -OCH3 is 3. The van der Waals surface area contributed by atoms with Crippen LogP contribution in [0, 0.1) is 0 Å². The molecule has 2 aromatic carbocycles. The number of esters is 2. The molecule has 0 N–H and O–H groups in total. The summed E-state index contributed by atoms with van der Waals surface area (Å²) in [6.07, 6.45) is 1.38. The Hall–Kier alpha value is -4.86. The smallest absolute Gasteiger partial charge is 0.341 e. The van der Waals surface area contributed by atoms with Crippen LogP contribution < -0.4 is 14.2 Å². The third-order valence-electron chi connectivity index (χ3n) is 6.00. The third-order valence-corrected chi connectivity index (χ3v) is 6.00. The van der Waals surface area contributed by atoms with E-state index in [-0.39, 0.29) is 35.6 Å². The van der Waals surface area contributed by atoms with Crippen molar-refractivity contribution in [2.75, 3.05) is 34.5 Å². The number of benzene rings is 2. The minimum atomic E-state index is -0.821. The molecular weight excluding hydrogens is 504 g/mol. The largest absolute Gasteiger partial charge is 0.493 e. The lowest BCUT2D eigenvalue weighted by atomic mass is 10.0. The normalized spacial score (nSPS) is 10.7. The van der Waals surface area contributed by atoms with Crippen molar-refractivity contribution >= 4 is 23.2 Å². The first-order valence-corrected chi connectivity index (χ1v) is 12.2. The number of fused-ring (bicyclic) bond motifs is 1. The molecule has 0 fully saturated rings. The lowest BCUT2D eigenvalue weighted by molar-refractivity contribution is 0.0480. The van der Waals surface area contributed by atoms with Crippen LogP contribution in [0.4, 0.5) is 0 Å². The minimum Gasteiger partial charge on any atom is -0.493 e. The Balaban J connectivity index is 2.05. The average Bonchev–Trinajstić information content (AvgIpc) is 3.31. The summed E-state index contributed by atoms with van der Waals surface area (Å²) in [6, 6.07) is 13.4. The van der Waals surface area contributed by atoms with Crippen molar-refractivity contribution in [1.82, 2.24) is 9.38 Å². The summed E-state index contributed by atoms with van der Waals surface area (Å²) >= 11 is 0. The molecule has 0 bridgehead atoms. The second kappa shape index (κ2) is 11.7. The summed E-state index contributed by atoms with van der Waals surface area (Å²) in [4.78, 5) is 44.8. The first kappa shape index (κ1) is 27.2. The molecular formula is C29H28N2O8. The molecule has 0 unspecified atom stereocenters. The van der Waals surface area contributed by atoms with Gasteiger partial charge in [0.25, 0.3) is 0 Å². The van der Waals surface area contributed by atoms with Gasteiger partial charge in [-0.15, -0.1) is 0 Å². The molecule has 2 heterocycles. The summed E-state index contributed by atoms with van der Waals surface area (Å²) in [7, 11) is 4.49. The number of aromatic nitrogens is 2. The molecule has 0 aliphatic heterocycles. The first-order valence-electron chi connectivity index (χ1n) is 12.2. The average molecular weight is 533 g/mol. The monoisotopic (exact) mass is 532 g/mol. The summed E-state index contributed by atoms with van der Waals surface area (Å²) < 4.78 is 28.3. The van der Waals surface area contributed by atoms with Crippen molar-refractivity contribution in [2.24, 2.45) is 0 Å². The molecule has 4 rings (SSSR count). The van der Waals surface area contributed by atoms with Gasteiger partial charge in [-0.25, -0.2) is 14.6 Å². The molecule has 202 valence electrons. The van der Waals surface area contributed by atoms with Crippen molar-refractivity contribution in [2.45, 2.75) is 13.8 Å². The van der Waals surface area contributed by atoms with Crippen LogP contribution in [0.5, 0.6) is 17.2 Å². The fourth-order valence-corrected chi connectivity index (χ4v) is 4.30. The van der Waals surface area contributed by atoms with Gasteiger partial charge in [0.2, 0.25) is 11.5 Å². The minimum absolute atomic E-state index is 0.0429. The second-order valence-corrected chi connectivity index (χ2v) is 8.18. The second-order valence-electron chi connectivity index (χ2n) is 8.18. The molecule has 39 heavy (non-hydrogen) atoms. The van der Waals surface area contributed by atoms with E-state index in [1.807, 2.05) is 0 Å². The van der Waals surface area contributed by atoms with Gasteiger partial charge < -0.3 is 23.7 Å². The molecule has 0 aliphatic carbocycles. The van der Waals surface area contributed by atoms with Crippen molar-refractivity contribution in [1.29, 1.82) is 0 Å². The van der Waals surface area contributed by atoms with Crippen molar-refractivity contribution in [3.05, 3.63) is 77.2 Å². The first-order chi connectivity index (χ1) is 18.9. The Labute approximate surface area is 225 Å². The number of ether oxygens (including phenoxy) is 5. The van der Waals surface area contributed by atoms with Gasteiger partial charge in [0, 0.05) is 11.1 Å². The number of hydrogen-bond acceptors (Lipinski definition) is 9. The standard InChI is InChI=1S/C29H28N2O8/c1-6-38-28(33)23-20-15-19(18-13-21(35-3)27(37-5)22(14-18)36-4)30-16-31(20)25(24(23)29(34)39-7-2)26(32)17-11-9-8-10-12-17/h8-16H,6-7H2,1-5H3. The quantitative estimate of drug-likeness (QED) is 0.213. The van der Waals surface area contributed by atoms with E-state index in [0.29, 0.717) is 34.1 Å². The van der Waals surface area contributed by atoms with E-state index in [4.69, 9.17) is 23.7 Å². The van der Waals surface area contributed by atoms with Gasteiger partial charge in [-0.3, -0.25) is 9.20 Å². The molecule has 0 atom stereocenters. The van der Waals surface area contributed by atoms with Crippen LogP contribution >= 0.6 is 0 Å². The van der Waals surface area contributed by atoms with Gasteiger partial charge in [-0.05, 0) is 32.0 Å². The highest BCUT2D eigenvalue weighted by Gasteiger charge is 2.34. The predicted octanol–water partition coefficient (Wildman–Crippen LogP) is 4.61. The Morgan fingerprint density at radius 1 is 0.795 bits per heavy atom. The molecule has 0 saturated heterocycles. The van der Waals surface area contributed by atoms with Crippen LogP contribution in [0.3, 0.4) is 0 Å². The van der Waals surface area contributed by atoms with Crippen LogP contribution in [0.25, 0.3) is 16.8 Å². The number of nitrogens with zero attached hydrogens (tertiary/aromatic N) is 2. The van der Waals surface area contributed by atoms with Gasteiger partial charge in [0.15, 0.2) is 11.5 Å². The lowest BCUT2D eigenvalue weighted by Crippen LogP contribution is -2.16. The molecule has 0 radical (unpaired) electrons. The molecule has 4 aromatic rings. The lowest BCUT2D eigenvalue weighted by Gasteiger charge is -2.14. The molecule has 2 aromatic heterocycles. The highest BCUT2D eigenvalue weighted by molar-refractivity contribution is 6.20. The van der Waals surface area contributed by atoms with E-state index < -0.39 is 17.7 Å². The van der Waals surface area contributed by atoms with Crippen molar-refractivity contribution < 1.29 is 38.1 Å². The van der Waals surface area contributed by atoms with Crippen LogP contribution in [0.2, 0.25) is 0 Å². The third kappa shape index (κ3) is 5.00. The Morgan fingerprint density at radius 3 is 1.92 bits per heavy atom. The maximum atomic E-state index is 13.7. The van der Waals surface area contributed by atoms with Crippen LogP contribution in [0.1, 0.15) is 50.6 Å². The van der Waals surface area contributed by atoms with Gasteiger partial charge in [0.1, 0.15) is 23.1 Å². The summed E-state index contributed by atoms with van der Waals surface area (Å²) in [5, 5.41) is 0. The van der Waals surface area contributed by atoms with E-state index in [1.54, 1.807) is 62.4 Å². The molecule has 0 saturated carbocycles. The molecule has 10 heteroatoms. The zero-order valence-electron chi connectivity index (χ0n) is 22.3. The van der Waals surface area contributed by atoms with E-state index in [0.717, 1.165) is 0 Å².